The van der Waals surface area contributed by atoms with E-state index in [4.69, 9.17) is 4.74 Å². The molecule has 0 saturated carbocycles. The molecule has 1 saturated heterocycles. The van der Waals surface area contributed by atoms with Crippen LogP contribution in [-0.2, 0) is 11.4 Å². The summed E-state index contributed by atoms with van der Waals surface area (Å²) in [5.41, 5.74) is 2.41. The molecule has 2 atom stereocenters. The molecule has 0 aliphatic carbocycles. The molecule has 1 N–H and O–H groups in total. The van der Waals surface area contributed by atoms with Gasteiger partial charge in [-0.3, -0.25) is 9.69 Å². The number of benzene rings is 2. The Morgan fingerprint density at radius 2 is 1.93 bits per heavy atom. The number of hydrogen-bond donors (Lipinski definition) is 1. The summed E-state index contributed by atoms with van der Waals surface area (Å²) in [5, 5.41) is 9.43. The number of carboxylic acid groups (broad SMARTS) is 1. The molecule has 0 aromatic heterocycles. The molecule has 2 aromatic rings. The fourth-order valence-corrected chi connectivity index (χ4v) is 3.98. The highest BCUT2D eigenvalue weighted by molar-refractivity contribution is 5.70. The number of likely N-dealkylation sites (tertiary alicyclic amines) is 1. The van der Waals surface area contributed by atoms with Crippen molar-refractivity contribution in [2.24, 2.45) is 5.92 Å². The average molecular weight is 382 g/mol. The van der Waals surface area contributed by atoms with Gasteiger partial charge in [0.25, 0.3) is 0 Å². The Bertz CT molecular complexity index is 729. The van der Waals surface area contributed by atoms with Crippen molar-refractivity contribution in [3.05, 3.63) is 65.7 Å². The molecule has 3 rings (SSSR count). The number of carbonyl (C=O) groups is 1. The van der Waals surface area contributed by atoms with Crippen LogP contribution in [0.2, 0.25) is 0 Å². The van der Waals surface area contributed by atoms with Gasteiger partial charge in [-0.2, -0.15) is 0 Å². The van der Waals surface area contributed by atoms with Crippen LogP contribution in [0, 0.1) is 5.92 Å². The molecule has 1 heterocycles. The van der Waals surface area contributed by atoms with Crippen LogP contribution in [0.5, 0.6) is 5.75 Å². The largest absolute Gasteiger partial charge is 0.489 e. The van der Waals surface area contributed by atoms with Crippen LogP contribution in [0.3, 0.4) is 0 Å². The Hall–Kier alpha value is -2.33. The first kappa shape index (κ1) is 20.4. The summed E-state index contributed by atoms with van der Waals surface area (Å²) < 4.78 is 5.91. The van der Waals surface area contributed by atoms with E-state index in [0.717, 1.165) is 50.0 Å². The maximum atomic E-state index is 11.5. The zero-order valence-electron chi connectivity index (χ0n) is 16.7. The lowest BCUT2D eigenvalue weighted by molar-refractivity contribution is -0.144. The maximum Gasteiger partial charge on any atom is 0.307 e. The Morgan fingerprint density at radius 1 is 1.18 bits per heavy atom. The van der Waals surface area contributed by atoms with Gasteiger partial charge in [-0.25, -0.2) is 0 Å². The van der Waals surface area contributed by atoms with E-state index in [-0.39, 0.29) is 12.0 Å². The molecular weight excluding hydrogens is 350 g/mol. The molecule has 1 fully saturated rings. The van der Waals surface area contributed by atoms with E-state index in [1.807, 2.05) is 30.3 Å². The van der Waals surface area contributed by atoms with Gasteiger partial charge in [-0.05, 0) is 49.1 Å². The first-order valence-electron chi connectivity index (χ1n) is 10.4. The van der Waals surface area contributed by atoms with Gasteiger partial charge in [-0.15, -0.1) is 0 Å². The molecule has 0 amide bonds. The predicted octanol–water partition coefficient (Wildman–Crippen LogP) is 5.29. The normalized spacial score (nSPS) is 18.5. The molecule has 150 valence electrons. The minimum absolute atomic E-state index is 0.244. The Kier molecular flexibility index (Phi) is 7.49. The smallest absolute Gasteiger partial charge is 0.307 e. The Labute approximate surface area is 168 Å². The molecule has 4 heteroatoms. The van der Waals surface area contributed by atoms with E-state index in [1.54, 1.807) is 0 Å². The number of aliphatic carboxylic acids is 1. The van der Waals surface area contributed by atoms with Crippen molar-refractivity contribution < 1.29 is 14.6 Å². The summed E-state index contributed by atoms with van der Waals surface area (Å²) in [6.07, 6.45) is 5.10. The van der Waals surface area contributed by atoms with Gasteiger partial charge in [0.05, 0.1) is 5.92 Å². The highest BCUT2D eigenvalue weighted by Gasteiger charge is 2.30. The number of carboxylic acids is 1. The zero-order valence-corrected chi connectivity index (χ0v) is 16.7. The number of unbranched alkanes of at least 4 members (excludes halogenated alkanes) is 1. The van der Waals surface area contributed by atoms with Crippen molar-refractivity contribution >= 4 is 5.97 Å². The maximum absolute atomic E-state index is 11.5. The predicted molar refractivity (Wildman–Crippen MR) is 111 cm³/mol. The van der Waals surface area contributed by atoms with Crippen molar-refractivity contribution in [1.82, 2.24) is 4.90 Å². The second kappa shape index (κ2) is 10.3. The van der Waals surface area contributed by atoms with E-state index in [0.29, 0.717) is 13.2 Å². The minimum Gasteiger partial charge on any atom is -0.489 e. The average Bonchev–Trinajstić information content (AvgIpc) is 2.74. The molecular formula is C24H31NO3. The quantitative estimate of drug-likeness (QED) is 0.641. The number of rotatable bonds is 9. The van der Waals surface area contributed by atoms with Gasteiger partial charge in [-0.1, -0.05) is 62.2 Å². The number of hydrogen-bond acceptors (Lipinski definition) is 3. The third kappa shape index (κ3) is 5.59. The first-order valence-corrected chi connectivity index (χ1v) is 10.4. The van der Waals surface area contributed by atoms with Gasteiger partial charge in [0.15, 0.2) is 0 Å². The topological polar surface area (TPSA) is 49.8 Å². The molecule has 1 aliphatic rings. The highest BCUT2D eigenvalue weighted by atomic mass is 16.5. The Morgan fingerprint density at radius 3 is 2.61 bits per heavy atom. The number of piperidine rings is 1. The second-order valence-corrected chi connectivity index (χ2v) is 7.67. The van der Waals surface area contributed by atoms with Crippen LogP contribution in [0.4, 0.5) is 0 Å². The molecule has 0 spiro atoms. The van der Waals surface area contributed by atoms with E-state index in [9.17, 15) is 9.90 Å². The van der Waals surface area contributed by atoms with Crippen molar-refractivity contribution in [2.75, 3.05) is 13.1 Å². The van der Waals surface area contributed by atoms with Gasteiger partial charge >= 0.3 is 5.97 Å². The fraction of sp³-hybridized carbons (Fsp3) is 0.458. The number of nitrogens with zero attached hydrogens (tertiary/aromatic N) is 1. The van der Waals surface area contributed by atoms with Crippen LogP contribution < -0.4 is 4.74 Å². The summed E-state index contributed by atoms with van der Waals surface area (Å²) in [5.74, 6) is -0.0427. The van der Waals surface area contributed by atoms with Gasteiger partial charge in [0.1, 0.15) is 12.4 Å². The first-order chi connectivity index (χ1) is 13.7. The monoisotopic (exact) mass is 381 g/mol. The lowest BCUT2D eigenvalue weighted by atomic mass is 9.92. The van der Waals surface area contributed by atoms with Crippen LogP contribution in [0.1, 0.15) is 56.2 Å². The summed E-state index contributed by atoms with van der Waals surface area (Å²) in [6.45, 7) is 4.39. The minimum atomic E-state index is -0.663. The van der Waals surface area contributed by atoms with Crippen molar-refractivity contribution in [2.45, 2.75) is 51.7 Å². The molecule has 28 heavy (non-hydrogen) atoms. The second-order valence-electron chi connectivity index (χ2n) is 7.67. The van der Waals surface area contributed by atoms with Crippen LogP contribution in [0.25, 0.3) is 0 Å². The molecule has 2 unspecified atom stereocenters. The van der Waals surface area contributed by atoms with Crippen LogP contribution in [0.15, 0.2) is 54.6 Å². The van der Waals surface area contributed by atoms with Crippen molar-refractivity contribution in [1.29, 1.82) is 0 Å². The summed E-state index contributed by atoms with van der Waals surface area (Å²) >= 11 is 0. The summed E-state index contributed by atoms with van der Waals surface area (Å²) in [4.78, 5) is 13.8. The third-order valence-electron chi connectivity index (χ3n) is 5.59. The summed E-state index contributed by atoms with van der Waals surface area (Å²) in [6, 6.07) is 18.8. The SMILES string of the molecule is CCCCC(c1ccc(OCc2ccccc2)cc1)N1CCCC(C(=O)O)C1. The fourth-order valence-electron chi connectivity index (χ4n) is 3.98. The van der Waals surface area contributed by atoms with E-state index in [1.165, 1.54) is 5.56 Å². The molecule has 4 nitrogen and oxygen atoms in total. The van der Waals surface area contributed by atoms with E-state index < -0.39 is 5.97 Å². The lowest BCUT2D eigenvalue weighted by Gasteiger charge is -2.37. The van der Waals surface area contributed by atoms with Crippen molar-refractivity contribution in [3.63, 3.8) is 0 Å². The Balaban J connectivity index is 1.67. The van der Waals surface area contributed by atoms with Crippen LogP contribution >= 0.6 is 0 Å². The van der Waals surface area contributed by atoms with Crippen LogP contribution in [-0.4, -0.2) is 29.1 Å². The van der Waals surface area contributed by atoms with Gasteiger partial charge in [0.2, 0.25) is 0 Å². The third-order valence-corrected chi connectivity index (χ3v) is 5.59. The number of ether oxygens (including phenoxy) is 1. The molecule has 2 aromatic carbocycles. The van der Waals surface area contributed by atoms with Gasteiger partial charge in [0, 0.05) is 12.6 Å². The zero-order chi connectivity index (χ0) is 19.8. The molecule has 0 bridgehead atoms. The summed E-state index contributed by atoms with van der Waals surface area (Å²) in [7, 11) is 0. The highest BCUT2D eigenvalue weighted by Crippen LogP contribution is 2.32. The molecule has 1 aliphatic heterocycles. The van der Waals surface area contributed by atoms with E-state index in [2.05, 4.69) is 36.1 Å². The lowest BCUT2D eigenvalue weighted by Crippen LogP contribution is -2.40. The van der Waals surface area contributed by atoms with Crippen molar-refractivity contribution in [3.8, 4) is 5.75 Å². The van der Waals surface area contributed by atoms with E-state index >= 15 is 0 Å². The standard InChI is InChI=1S/C24H31NO3/c1-2-3-11-23(25-16-7-10-21(17-25)24(26)27)20-12-14-22(15-13-20)28-18-19-8-5-4-6-9-19/h4-6,8-9,12-15,21,23H,2-3,7,10-11,16-18H2,1H3,(H,26,27). The molecule has 0 radical (unpaired) electrons. The van der Waals surface area contributed by atoms with Gasteiger partial charge < -0.3 is 9.84 Å².